The van der Waals surface area contributed by atoms with Crippen molar-refractivity contribution in [2.45, 2.75) is 19.3 Å². The van der Waals surface area contributed by atoms with Gasteiger partial charge in [-0.25, -0.2) is 14.9 Å². The SMILES string of the molecule is C#CCOc1ccc(C2=[C-]CCC(=O)N2CC(F)F)c(Cl)c1.[Y]. The van der Waals surface area contributed by atoms with E-state index >= 15 is 0 Å². The summed E-state index contributed by atoms with van der Waals surface area (Å²) in [6, 6.07) is 4.75. The van der Waals surface area contributed by atoms with Crippen LogP contribution in [0, 0.1) is 18.4 Å². The summed E-state index contributed by atoms with van der Waals surface area (Å²) in [5.41, 5.74) is 0.744. The van der Waals surface area contributed by atoms with Crippen LogP contribution in [0.2, 0.25) is 5.02 Å². The molecule has 3 nitrogen and oxygen atoms in total. The van der Waals surface area contributed by atoms with Gasteiger partial charge in [0.2, 0.25) is 5.91 Å². The fraction of sp³-hybridized carbons (Fsp3) is 0.312. The van der Waals surface area contributed by atoms with Crippen LogP contribution in [0.25, 0.3) is 5.70 Å². The van der Waals surface area contributed by atoms with Gasteiger partial charge in [0.25, 0.3) is 6.43 Å². The number of hydrogen-bond acceptors (Lipinski definition) is 2. The van der Waals surface area contributed by atoms with E-state index < -0.39 is 13.0 Å². The zero-order valence-electron chi connectivity index (χ0n) is 12.2. The van der Waals surface area contributed by atoms with Crippen molar-refractivity contribution in [2.75, 3.05) is 13.2 Å². The van der Waals surface area contributed by atoms with Gasteiger partial charge in [-0.2, -0.15) is 0 Å². The molecule has 0 spiro atoms. The molecule has 0 saturated carbocycles. The molecule has 0 bridgehead atoms. The Morgan fingerprint density at radius 1 is 1.48 bits per heavy atom. The van der Waals surface area contributed by atoms with E-state index in [0.717, 1.165) is 4.90 Å². The van der Waals surface area contributed by atoms with Gasteiger partial charge in [-0.15, -0.1) is 41.8 Å². The number of halogens is 3. The van der Waals surface area contributed by atoms with Crippen molar-refractivity contribution in [3.8, 4) is 18.1 Å². The molecule has 0 aliphatic carbocycles. The quantitative estimate of drug-likeness (QED) is 0.547. The monoisotopic (exact) mass is 413 g/mol. The molecule has 23 heavy (non-hydrogen) atoms. The molecule has 1 aromatic rings. The molecular weight excluding hydrogens is 401 g/mol. The second-order valence-corrected chi connectivity index (χ2v) is 4.96. The van der Waals surface area contributed by atoms with E-state index in [1.807, 2.05) is 0 Å². The molecule has 1 aromatic carbocycles. The standard InChI is InChI=1S/C16H13ClF2NO2.Y/c1-2-8-22-11-6-7-12(13(17)9-11)14-4-3-5-16(21)20(14)10-15(18)19;/h1,6-7,9,15H,3,5,8,10H2;/q-1;. The predicted molar refractivity (Wildman–Crippen MR) is 79.4 cm³/mol. The molecule has 1 radical (unpaired) electrons. The van der Waals surface area contributed by atoms with Crippen LogP contribution >= 0.6 is 11.6 Å². The van der Waals surface area contributed by atoms with Crippen LogP contribution in [0.15, 0.2) is 18.2 Å². The third-order valence-corrected chi connectivity index (χ3v) is 3.35. The van der Waals surface area contributed by atoms with Crippen molar-refractivity contribution >= 4 is 23.2 Å². The average molecular weight is 414 g/mol. The van der Waals surface area contributed by atoms with Gasteiger partial charge in [-0.3, -0.25) is 4.79 Å². The summed E-state index contributed by atoms with van der Waals surface area (Å²) < 4.78 is 30.6. The van der Waals surface area contributed by atoms with Crippen molar-refractivity contribution < 1.29 is 51.0 Å². The van der Waals surface area contributed by atoms with Crippen molar-refractivity contribution in [3.63, 3.8) is 0 Å². The van der Waals surface area contributed by atoms with Gasteiger partial charge in [0, 0.05) is 39.1 Å². The van der Waals surface area contributed by atoms with Crippen LogP contribution < -0.4 is 4.74 Å². The van der Waals surface area contributed by atoms with Crippen LogP contribution in [0.4, 0.5) is 8.78 Å². The molecule has 0 N–H and O–H groups in total. The zero-order valence-corrected chi connectivity index (χ0v) is 15.8. The van der Waals surface area contributed by atoms with E-state index in [1.165, 1.54) is 6.07 Å². The Morgan fingerprint density at radius 2 is 2.22 bits per heavy atom. The zero-order chi connectivity index (χ0) is 16.1. The number of hydrogen-bond donors (Lipinski definition) is 0. The minimum absolute atomic E-state index is 0. The number of benzene rings is 1. The largest absolute Gasteiger partial charge is 0.481 e. The van der Waals surface area contributed by atoms with Crippen molar-refractivity contribution in [3.05, 3.63) is 34.9 Å². The van der Waals surface area contributed by atoms with E-state index in [0.29, 0.717) is 17.7 Å². The van der Waals surface area contributed by atoms with Gasteiger partial charge >= 0.3 is 0 Å². The molecule has 0 unspecified atom stereocenters. The topological polar surface area (TPSA) is 29.5 Å². The van der Waals surface area contributed by atoms with E-state index in [4.69, 9.17) is 22.8 Å². The second kappa shape index (κ2) is 9.37. The number of carbonyl (C=O) groups excluding carboxylic acids is 1. The summed E-state index contributed by atoms with van der Waals surface area (Å²) in [6.07, 6.45) is 5.97. The van der Waals surface area contributed by atoms with Crippen molar-refractivity contribution in [1.82, 2.24) is 4.90 Å². The Kier molecular flexibility index (Phi) is 8.18. The summed E-state index contributed by atoms with van der Waals surface area (Å²) in [5.74, 6) is 2.43. The normalized spacial score (nSPS) is 14.1. The maximum absolute atomic E-state index is 12.7. The smallest absolute Gasteiger partial charge is 0.256 e. The van der Waals surface area contributed by atoms with Crippen LogP contribution in [-0.4, -0.2) is 30.4 Å². The molecule has 0 aromatic heterocycles. The molecule has 0 atom stereocenters. The van der Waals surface area contributed by atoms with Gasteiger partial charge in [-0.05, 0) is 17.2 Å². The molecule has 1 heterocycles. The number of ether oxygens (including phenoxy) is 1. The Morgan fingerprint density at radius 3 is 2.83 bits per heavy atom. The number of amides is 1. The number of allylic oxidation sites excluding steroid dienone is 1. The fourth-order valence-electron chi connectivity index (χ4n) is 2.12. The van der Waals surface area contributed by atoms with E-state index in [-0.39, 0.29) is 62.4 Å². The first kappa shape index (κ1) is 20.1. The number of nitrogens with zero attached hydrogens (tertiary/aromatic N) is 1. The summed E-state index contributed by atoms with van der Waals surface area (Å²) in [5, 5.41) is 0.283. The van der Waals surface area contributed by atoms with Gasteiger partial charge in [0.15, 0.2) is 0 Å². The third-order valence-electron chi connectivity index (χ3n) is 3.04. The average Bonchev–Trinajstić information content (AvgIpc) is 2.47. The summed E-state index contributed by atoms with van der Waals surface area (Å²) in [6.45, 7) is -0.576. The first-order valence-electron chi connectivity index (χ1n) is 6.58. The molecule has 119 valence electrons. The molecule has 1 amide bonds. The Bertz CT molecular complexity index is 643. The molecule has 2 rings (SSSR count). The molecule has 1 aliphatic heterocycles. The molecule has 7 heteroatoms. The van der Waals surface area contributed by atoms with Crippen molar-refractivity contribution in [1.29, 1.82) is 0 Å². The predicted octanol–water partition coefficient (Wildman–Crippen LogP) is 3.38. The number of alkyl halides is 2. The maximum Gasteiger partial charge on any atom is 0.256 e. The van der Waals surface area contributed by atoms with E-state index in [9.17, 15) is 13.6 Å². The van der Waals surface area contributed by atoms with Crippen molar-refractivity contribution in [2.24, 2.45) is 0 Å². The summed E-state index contributed by atoms with van der Waals surface area (Å²) >= 11 is 6.17. The molecule has 1 aliphatic rings. The number of rotatable bonds is 5. The van der Waals surface area contributed by atoms with Gasteiger partial charge in [0.1, 0.15) is 12.4 Å². The Labute approximate surface area is 163 Å². The first-order chi connectivity index (χ1) is 10.5. The minimum atomic E-state index is -2.63. The number of terminal acetylenes is 1. The summed E-state index contributed by atoms with van der Waals surface area (Å²) in [7, 11) is 0. The van der Waals surface area contributed by atoms with Crippen LogP contribution in [0.3, 0.4) is 0 Å². The van der Waals surface area contributed by atoms with Gasteiger partial charge in [-0.1, -0.05) is 5.92 Å². The molecule has 0 fully saturated rings. The third kappa shape index (κ3) is 5.27. The van der Waals surface area contributed by atoms with Gasteiger partial charge < -0.3 is 9.64 Å². The second-order valence-electron chi connectivity index (χ2n) is 4.56. The van der Waals surface area contributed by atoms with Crippen LogP contribution in [0.5, 0.6) is 5.75 Å². The first-order valence-corrected chi connectivity index (χ1v) is 6.96. The number of carbonyl (C=O) groups is 1. The maximum atomic E-state index is 12.7. The van der Waals surface area contributed by atoms with Crippen LogP contribution in [-0.2, 0) is 37.5 Å². The summed E-state index contributed by atoms with van der Waals surface area (Å²) in [4.78, 5) is 12.9. The minimum Gasteiger partial charge on any atom is -0.481 e. The van der Waals surface area contributed by atoms with E-state index in [1.54, 1.807) is 12.1 Å². The Balaban J connectivity index is 0.00000264. The molecular formula is C16H13ClF2NO2Y-. The Hall–Kier alpha value is -0.956. The van der Waals surface area contributed by atoms with E-state index in [2.05, 4.69) is 12.0 Å². The fourth-order valence-corrected chi connectivity index (χ4v) is 2.38. The molecule has 0 saturated heterocycles. The van der Waals surface area contributed by atoms with Crippen LogP contribution in [0.1, 0.15) is 18.4 Å². The van der Waals surface area contributed by atoms with Gasteiger partial charge in [0.05, 0.1) is 6.54 Å².